The lowest BCUT2D eigenvalue weighted by molar-refractivity contribution is 1.03. The van der Waals surface area contributed by atoms with Gasteiger partial charge in [-0.3, -0.25) is 0 Å². The highest BCUT2D eigenvalue weighted by atomic mass is 32.3. The highest BCUT2D eigenvalue weighted by Gasteiger charge is 2.19. The Morgan fingerprint density at radius 3 is 1.50 bits per heavy atom. The fourth-order valence-corrected chi connectivity index (χ4v) is 2.17. The van der Waals surface area contributed by atoms with Crippen molar-refractivity contribution >= 4 is 10.0 Å². The van der Waals surface area contributed by atoms with Gasteiger partial charge in [0.2, 0.25) is 0 Å². The molecule has 0 bridgehead atoms. The largest absolute Gasteiger partial charge is 0.247 e. The van der Waals surface area contributed by atoms with Gasteiger partial charge in [0.15, 0.2) is 0 Å². The Labute approximate surface area is 41.3 Å². The van der Waals surface area contributed by atoms with E-state index in [0.29, 0.717) is 0 Å². The molecule has 6 heavy (non-hydrogen) atoms. The topological polar surface area (TPSA) is 0 Å². The molecule has 0 aromatic carbocycles. The Morgan fingerprint density at radius 2 is 1.50 bits per heavy atom. The molecule has 0 saturated carbocycles. The monoisotopic (exact) mass is 104 g/mol. The molecule has 0 aromatic rings. The fraction of sp³-hybridized carbons (Fsp3) is 1.00. The third-order valence-electron chi connectivity index (χ3n) is 1.39. The molecule has 0 nitrogen and oxygen atoms in total. The Morgan fingerprint density at radius 1 is 1.17 bits per heavy atom. The minimum absolute atomic E-state index is 0.0185. The van der Waals surface area contributed by atoms with Crippen LogP contribution in [0.4, 0.5) is 0 Å². The van der Waals surface area contributed by atoms with Crippen molar-refractivity contribution in [2.45, 2.75) is 6.42 Å². The third-order valence-corrected chi connectivity index (χ3v) is 4.18. The van der Waals surface area contributed by atoms with Crippen LogP contribution in [0.2, 0.25) is 0 Å². The first-order chi connectivity index (χ1) is 2.71. The van der Waals surface area contributed by atoms with E-state index in [-0.39, 0.29) is 10.0 Å². The first kappa shape index (κ1) is 4.51. The van der Waals surface area contributed by atoms with Crippen molar-refractivity contribution in [3.63, 3.8) is 0 Å². The molecule has 0 unspecified atom stereocenters. The van der Waals surface area contributed by atoms with Crippen LogP contribution in [0.15, 0.2) is 0 Å². The summed E-state index contributed by atoms with van der Waals surface area (Å²) in [6, 6.07) is 0. The van der Waals surface area contributed by atoms with E-state index < -0.39 is 0 Å². The molecule has 1 aliphatic heterocycles. The molecule has 0 N–H and O–H groups in total. The molecular formula is C5H12S. The zero-order valence-corrected chi connectivity index (χ0v) is 5.35. The van der Waals surface area contributed by atoms with Gasteiger partial charge < -0.3 is 0 Å². The lowest BCUT2D eigenvalue weighted by Crippen LogP contribution is -2.17. The minimum Gasteiger partial charge on any atom is -0.247 e. The molecule has 0 aromatic heterocycles. The summed E-state index contributed by atoms with van der Waals surface area (Å²) in [5.41, 5.74) is 0. The van der Waals surface area contributed by atoms with Crippen LogP contribution in [-0.4, -0.2) is 24.0 Å². The van der Waals surface area contributed by atoms with Crippen molar-refractivity contribution in [3.05, 3.63) is 0 Å². The van der Waals surface area contributed by atoms with E-state index in [9.17, 15) is 0 Å². The molecular weight excluding hydrogens is 92.1 g/mol. The van der Waals surface area contributed by atoms with Crippen LogP contribution in [-0.2, 0) is 0 Å². The van der Waals surface area contributed by atoms with Gasteiger partial charge in [0, 0.05) is 0 Å². The summed E-state index contributed by atoms with van der Waals surface area (Å²) in [5.74, 6) is 3.07. The maximum atomic E-state index is 2.41. The molecule has 0 amide bonds. The van der Waals surface area contributed by atoms with Crippen molar-refractivity contribution in [1.82, 2.24) is 0 Å². The third kappa shape index (κ3) is 0.700. The Hall–Kier alpha value is 0.350. The van der Waals surface area contributed by atoms with Crippen LogP contribution >= 0.6 is 10.0 Å². The van der Waals surface area contributed by atoms with Crippen molar-refractivity contribution in [2.75, 3.05) is 24.0 Å². The van der Waals surface area contributed by atoms with Gasteiger partial charge in [-0.2, -0.15) is 0 Å². The van der Waals surface area contributed by atoms with Crippen molar-refractivity contribution < 1.29 is 0 Å². The van der Waals surface area contributed by atoms with Gasteiger partial charge in [-0.05, 0) is 30.4 Å². The van der Waals surface area contributed by atoms with E-state index in [0.717, 1.165) is 0 Å². The van der Waals surface area contributed by atoms with Crippen molar-refractivity contribution in [2.24, 2.45) is 0 Å². The zero-order valence-electron chi connectivity index (χ0n) is 4.53. The van der Waals surface area contributed by atoms with Gasteiger partial charge in [-0.15, -0.1) is 0 Å². The second-order valence-corrected chi connectivity index (χ2v) is 6.88. The summed E-state index contributed by atoms with van der Waals surface area (Å²) < 4.78 is 0. The zero-order chi connectivity index (χ0) is 4.62. The van der Waals surface area contributed by atoms with E-state index in [1.807, 2.05) is 0 Å². The number of rotatable bonds is 0. The van der Waals surface area contributed by atoms with Crippen LogP contribution in [0.3, 0.4) is 0 Å². The van der Waals surface area contributed by atoms with E-state index >= 15 is 0 Å². The summed E-state index contributed by atoms with van der Waals surface area (Å²) in [7, 11) is 0.0185. The first-order valence-electron chi connectivity index (χ1n) is 2.39. The molecule has 1 aliphatic rings. The molecule has 1 rings (SSSR count). The van der Waals surface area contributed by atoms with Crippen molar-refractivity contribution in [1.29, 1.82) is 0 Å². The van der Waals surface area contributed by atoms with Crippen LogP contribution in [0.5, 0.6) is 0 Å². The summed E-state index contributed by atoms with van der Waals surface area (Å²) in [6.07, 6.45) is 6.33. The van der Waals surface area contributed by atoms with E-state index in [4.69, 9.17) is 0 Å². The fourth-order valence-electron chi connectivity index (χ4n) is 0.722. The summed E-state index contributed by atoms with van der Waals surface area (Å²) in [5, 5.41) is 0. The molecule has 0 radical (unpaired) electrons. The molecule has 0 atom stereocenters. The summed E-state index contributed by atoms with van der Waals surface area (Å²) in [6.45, 7) is 0. The Bertz CT molecular complexity index is 51.0. The second kappa shape index (κ2) is 1.16. The second-order valence-electron chi connectivity index (χ2n) is 2.53. The lowest BCUT2D eigenvalue weighted by atomic mass is 10.5. The predicted octanol–water partition coefficient (Wildman–Crippen LogP) is 1.45. The molecule has 38 valence electrons. The van der Waals surface area contributed by atoms with Gasteiger partial charge in [-0.25, -0.2) is 10.0 Å². The van der Waals surface area contributed by atoms with Gasteiger partial charge in [-0.1, -0.05) is 0 Å². The first-order valence-corrected chi connectivity index (χ1v) is 5.18. The number of hydrogen-bond acceptors (Lipinski definition) is 0. The van der Waals surface area contributed by atoms with E-state index in [1.165, 1.54) is 17.9 Å². The van der Waals surface area contributed by atoms with E-state index in [1.54, 1.807) is 0 Å². The standard InChI is InChI=1S/C5H12S/c1-6(2)4-3-5-6/h3-5H2,1-2H3. The van der Waals surface area contributed by atoms with Gasteiger partial charge in [0.1, 0.15) is 0 Å². The maximum Gasteiger partial charge on any atom is -0.0225 e. The average molecular weight is 104 g/mol. The number of hydrogen-bond donors (Lipinski definition) is 0. The quantitative estimate of drug-likeness (QED) is 0.436. The van der Waals surface area contributed by atoms with Gasteiger partial charge in [0.05, 0.1) is 0 Å². The van der Waals surface area contributed by atoms with Crippen molar-refractivity contribution in [3.8, 4) is 0 Å². The summed E-state index contributed by atoms with van der Waals surface area (Å²) >= 11 is 0. The molecule has 1 heterocycles. The lowest BCUT2D eigenvalue weighted by Gasteiger charge is -2.40. The smallest absolute Gasteiger partial charge is 0.0225 e. The Balaban J connectivity index is 2.31. The van der Waals surface area contributed by atoms with Crippen LogP contribution < -0.4 is 0 Å². The van der Waals surface area contributed by atoms with Gasteiger partial charge >= 0.3 is 0 Å². The predicted molar refractivity (Wildman–Crippen MR) is 33.8 cm³/mol. The normalized spacial score (nSPS) is 34.3. The Kier molecular flexibility index (Phi) is 0.870. The van der Waals surface area contributed by atoms with E-state index in [2.05, 4.69) is 12.5 Å². The van der Waals surface area contributed by atoms with Crippen LogP contribution in [0.25, 0.3) is 0 Å². The molecule has 0 aliphatic carbocycles. The highest BCUT2D eigenvalue weighted by molar-refractivity contribution is 8.33. The SMILES string of the molecule is CS1(C)CCC1. The average Bonchev–Trinajstić information content (AvgIpc) is 1.32. The van der Waals surface area contributed by atoms with Crippen LogP contribution in [0.1, 0.15) is 6.42 Å². The molecule has 0 spiro atoms. The molecule has 1 saturated heterocycles. The minimum atomic E-state index is 0.0185. The summed E-state index contributed by atoms with van der Waals surface area (Å²) in [4.78, 5) is 0. The van der Waals surface area contributed by atoms with Crippen LogP contribution in [0, 0.1) is 0 Å². The van der Waals surface area contributed by atoms with Gasteiger partial charge in [0.25, 0.3) is 0 Å². The molecule has 1 heteroatoms. The maximum absolute atomic E-state index is 2.41. The molecule has 1 fully saturated rings. The highest BCUT2D eigenvalue weighted by Crippen LogP contribution is 2.49.